The number of aryl methyl sites for hydroxylation is 1. The Hall–Kier alpha value is -0.780. The maximum atomic E-state index is 6.99. The van der Waals surface area contributed by atoms with Crippen molar-refractivity contribution in [2.45, 2.75) is 6.88 Å². The zero-order chi connectivity index (χ0) is 6.69. The molecule has 1 rings (SSSR count). The van der Waals surface area contributed by atoms with E-state index in [4.69, 9.17) is 2.74 Å². The van der Waals surface area contributed by atoms with Crippen molar-refractivity contribution >= 4 is 0 Å². The van der Waals surface area contributed by atoms with E-state index in [1.807, 2.05) is 18.2 Å². The molecule has 1 aromatic carbocycles. The van der Waals surface area contributed by atoms with Crippen molar-refractivity contribution in [1.82, 2.24) is 0 Å². The van der Waals surface area contributed by atoms with E-state index in [-0.39, 0.29) is 0 Å². The molecule has 0 radical (unpaired) electrons. The highest BCUT2D eigenvalue weighted by atomic mass is 13.8. The molecule has 0 heterocycles. The van der Waals surface area contributed by atoms with Gasteiger partial charge in [-0.2, -0.15) is 0 Å². The first-order valence-electron chi connectivity index (χ1n) is 3.35. The molecule has 0 bridgehead atoms. The standard InChI is InChI=1S/C7H8/c1-7-5-3-2-4-6-7/h2-6H,1H3/i1D2. The molecule has 0 fully saturated rings. The zero-order valence-electron chi connectivity index (χ0n) is 5.96. The highest BCUT2D eigenvalue weighted by Crippen LogP contribution is 1.92. The fourth-order valence-corrected chi connectivity index (χ4v) is 0.453. The van der Waals surface area contributed by atoms with Gasteiger partial charge >= 0.3 is 0 Å². The number of benzene rings is 1. The normalized spacial score (nSPS) is 13.3. The summed E-state index contributed by atoms with van der Waals surface area (Å²) in [5.41, 5.74) is 0.748. The predicted octanol–water partition coefficient (Wildman–Crippen LogP) is 2.00. The molecule has 0 atom stereocenters. The molecule has 0 aliphatic heterocycles. The third kappa shape index (κ3) is 1.04. The Morgan fingerprint density at radius 3 is 2.43 bits per heavy atom. The van der Waals surface area contributed by atoms with E-state index in [0.717, 1.165) is 5.56 Å². The Labute approximate surface area is 46.6 Å². The lowest BCUT2D eigenvalue weighted by Gasteiger charge is -1.82. The molecule has 0 aliphatic carbocycles. The summed E-state index contributed by atoms with van der Waals surface area (Å²) in [5.74, 6) is 0. The molecule has 7 heavy (non-hydrogen) atoms. The average Bonchev–Trinajstić information content (AvgIpc) is 1.90. The molecule has 0 amide bonds. The zero-order valence-corrected chi connectivity index (χ0v) is 3.96. The lowest BCUT2D eigenvalue weighted by molar-refractivity contribution is 1.48. The quantitative estimate of drug-likeness (QED) is 0.461. The summed E-state index contributed by atoms with van der Waals surface area (Å²) < 4.78 is 14.0. The second-order valence-electron chi connectivity index (χ2n) is 1.41. The van der Waals surface area contributed by atoms with Crippen LogP contribution in [0, 0.1) is 6.88 Å². The van der Waals surface area contributed by atoms with E-state index in [1.165, 1.54) is 0 Å². The Bertz CT molecular complexity index is 170. The largest absolute Gasteiger partial charge is 0.0622 e. The lowest BCUT2D eigenvalue weighted by atomic mass is 10.2. The van der Waals surface area contributed by atoms with Crippen molar-refractivity contribution in [2.75, 3.05) is 0 Å². The molecule has 0 spiro atoms. The number of hydrogen-bond acceptors (Lipinski definition) is 0. The second-order valence-corrected chi connectivity index (χ2v) is 1.41. The first-order chi connectivity index (χ1) is 4.30. The van der Waals surface area contributed by atoms with Crippen LogP contribution in [0.15, 0.2) is 30.3 Å². The van der Waals surface area contributed by atoms with Gasteiger partial charge in [-0.3, -0.25) is 0 Å². The summed E-state index contributed by atoms with van der Waals surface area (Å²) in [5, 5.41) is 0. The van der Waals surface area contributed by atoms with Gasteiger partial charge in [-0.05, 0) is 6.88 Å². The third-order valence-electron chi connectivity index (χ3n) is 0.800. The smallest absolute Gasteiger partial charge is 0.0280 e. The summed E-state index contributed by atoms with van der Waals surface area (Å²) in [6.07, 6.45) is 0. The molecule has 0 aromatic heterocycles. The summed E-state index contributed by atoms with van der Waals surface area (Å²) in [6.45, 7) is -0.841. The Balaban J connectivity index is 2.85. The molecule has 36 valence electrons. The van der Waals surface area contributed by atoms with Crippen LogP contribution in [0.3, 0.4) is 0 Å². The topological polar surface area (TPSA) is 0 Å². The van der Waals surface area contributed by atoms with Gasteiger partial charge in [0.2, 0.25) is 0 Å². The van der Waals surface area contributed by atoms with Crippen LogP contribution in [0.4, 0.5) is 0 Å². The van der Waals surface area contributed by atoms with Crippen LogP contribution < -0.4 is 0 Å². The van der Waals surface area contributed by atoms with Gasteiger partial charge < -0.3 is 0 Å². The first kappa shape index (κ1) is 2.51. The first-order valence-corrected chi connectivity index (χ1v) is 2.20. The van der Waals surface area contributed by atoms with Gasteiger partial charge in [-0.1, -0.05) is 35.9 Å². The maximum absolute atomic E-state index is 6.99. The van der Waals surface area contributed by atoms with Crippen LogP contribution >= 0.6 is 0 Å². The molecular formula is C7H8. The van der Waals surface area contributed by atoms with Crippen molar-refractivity contribution in [3.8, 4) is 0 Å². The van der Waals surface area contributed by atoms with Crippen molar-refractivity contribution < 1.29 is 2.74 Å². The minimum Gasteiger partial charge on any atom is -0.0622 e. The molecule has 0 nitrogen and oxygen atoms in total. The maximum Gasteiger partial charge on any atom is 0.0280 e. The minimum atomic E-state index is -0.841. The van der Waals surface area contributed by atoms with Gasteiger partial charge in [0.1, 0.15) is 0 Å². The SMILES string of the molecule is [2H]C([2H])c1ccccc1. The van der Waals surface area contributed by atoms with Gasteiger partial charge in [0.25, 0.3) is 0 Å². The predicted molar refractivity (Wildman–Crippen MR) is 31.2 cm³/mol. The number of hydrogen-bond donors (Lipinski definition) is 0. The van der Waals surface area contributed by atoms with Crippen LogP contribution in [0.1, 0.15) is 8.30 Å². The Morgan fingerprint density at radius 2 is 2.00 bits per heavy atom. The third-order valence-corrected chi connectivity index (χ3v) is 0.800. The lowest BCUT2D eigenvalue weighted by Crippen LogP contribution is -1.62. The van der Waals surface area contributed by atoms with Crippen LogP contribution in [-0.4, -0.2) is 0 Å². The van der Waals surface area contributed by atoms with Crippen LogP contribution in [-0.2, 0) is 0 Å². The van der Waals surface area contributed by atoms with Crippen molar-refractivity contribution in [3.63, 3.8) is 0 Å². The minimum absolute atomic E-state index is 0.748. The Morgan fingerprint density at radius 1 is 1.29 bits per heavy atom. The number of rotatable bonds is 0. The van der Waals surface area contributed by atoms with Crippen LogP contribution in [0.2, 0.25) is 0 Å². The van der Waals surface area contributed by atoms with Crippen molar-refractivity contribution in [2.24, 2.45) is 0 Å². The van der Waals surface area contributed by atoms with Gasteiger partial charge in [0.15, 0.2) is 0 Å². The van der Waals surface area contributed by atoms with E-state index in [1.54, 1.807) is 12.1 Å². The van der Waals surface area contributed by atoms with E-state index in [2.05, 4.69) is 0 Å². The highest BCUT2D eigenvalue weighted by Gasteiger charge is 1.72. The molecule has 0 heteroatoms. The summed E-state index contributed by atoms with van der Waals surface area (Å²) in [4.78, 5) is 0. The Kier molecular flexibility index (Phi) is 0.639. The fraction of sp³-hybridized carbons (Fsp3) is 0.143. The summed E-state index contributed by atoms with van der Waals surface area (Å²) >= 11 is 0. The van der Waals surface area contributed by atoms with Gasteiger partial charge in [-0.25, -0.2) is 0 Å². The molecule has 0 N–H and O–H groups in total. The average molecular weight is 94.2 g/mol. The molecule has 1 aromatic rings. The van der Waals surface area contributed by atoms with Gasteiger partial charge in [0, 0.05) is 2.74 Å². The monoisotopic (exact) mass is 94.1 g/mol. The van der Waals surface area contributed by atoms with Gasteiger partial charge in [0.05, 0.1) is 0 Å². The summed E-state index contributed by atoms with van der Waals surface area (Å²) in [6, 6.07) is 9.12. The summed E-state index contributed by atoms with van der Waals surface area (Å²) in [7, 11) is 0. The van der Waals surface area contributed by atoms with Crippen LogP contribution in [0.5, 0.6) is 0 Å². The van der Waals surface area contributed by atoms with Crippen molar-refractivity contribution in [1.29, 1.82) is 0 Å². The van der Waals surface area contributed by atoms with E-state index in [0.29, 0.717) is 0 Å². The highest BCUT2D eigenvalue weighted by molar-refractivity contribution is 5.11. The van der Waals surface area contributed by atoms with Crippen molar-refractivity contribution in [3.05, 3.63) is 35.9 Å². The van der Waals surface area contributed by atoms with Crippen LogP contribution in [0.25, 0.3) is 0 Å². The molecule has 0 aliphatic rings. The van der Waals surface area contributed by atoms with E-state index < -0.39 is 6.88 Å². The molecule has 0 saturated heterocycles. The molecular weight excluding hydrogens is 84.1 g/mol. The second kappa shape index (κ2) is 1.78. The molecule has 0 saturated carbocycles. The van der Waals surface area contributed by atoms with E-state index in [9.17, 15) is 0 Å². The molecule has 0 unspecified atom stereocenters. The van der Waals surface area contributed by atoms with Gasteiger partial charge in [-0.15, -0.1) is 0 Å². The fourth-order valence-electron chi connectivity index (χ4n) is 0.453. The van der Waals surface area contributed by atoms with E-state index >= 15 is 0 Å².